The van der Waals surface area contributed by atoms with Gasteiger partial charge >= 0.3 is 0 Å². The van der Waals surface area contributed by atoms with Gasteiger partial charge < -0.3 is 19.3 Å². The van der Waals surface area contributed by atoms with Crippen LogP contribution >= 0.6 is 0 Å². The molecule has 1 amide bonds. The normalized spacial score (nSPS) is 20.5. The van der Waals surface area contributed by atoms with E-state index in [1.807, 2.05) is 11.8 Å². The SMILES string of the molecule is CCCC[C@@H]1CN(C(=O)c2c3c(nc4onc(C)c24)CCC3)C[C@H](C(C)C)O1.O=CO. The summed E-state index contributed by atoms with van der Waals surface area (Å²) in [7, 11) is 0. The third-order valence-corrected chi connectivity index (χ3v) is 6.14. The molecule has 0 radical (unpaired) electrons. The molecule has 0 spiro atoms. The van der Waals surface area contributed by atoms with Gasteiger partial charge in [-0.3, -0.25) is 9.59 Å². The van der Waals surface area contributed by atoms with E-state index in [4.69, 9.17) is 19.2 Å². The first-order chi connectivity index (χ1) is 14.9. The molecule has 2 atom stereocenters. The monoisotopic (exact) mass is 431 g/mol. The minimum absolute atomic E-state index is 0.0773. The Morgan fingerprint density at radius 1 is 1.32 bits per heavy atom. The second-order valence-corrected chi connectivity index (χ2v) is 8.71. The molecule has 2 aromatic heterocycles. The fraction of sp³-hybridized carbons (Fsp3) is 0.652. The first-order valence-corrected chi connectivity index (χ1v) is 11.2. The number of rotatable bonds is 5. The van der Waals surface area contributed by atoms with Crippen molar-refractivity contribution in [2.75, 3.05) is 13.1 Å². The summed E-state index contributed by atoms with van der Waals surface area (Å²) in [6, 6.07) is 0. The Morgan fingerprint density at radius 3 is 2.74 bits per heavy atom. The van der Waals surface area contributed by atoms with Crippen molar-refractivity contribution in [1.82, 2.24) is 15.0 Å². The van der Waals surface area contributed by atoms with E-state index < -0.39 is 0 Å². The molecule has 0 unspecified atom stereocenters. The lowest BCUT2D eigenvalue weighted by atomic mass is 9.98. The van der Waals surface area contributed by atoms with Crippen LogP contribution in [-0.4, -0.2) is 57.8 Å². The Balaban J connectivity index is 0.000000858. The Hall–Kier alpha value is -2.48. The van der Waals surface area contributed by atoms with Crippen LogP contribution in [0.2, 0.25) is 0 Å². The lowest BCUT2D eigenvalue weighted by Crippen LogP contribution is -2.51. The van der Waals surface area contributed by atoms with Crippen molar-refractivity contribution in [3.63, 3.8) is 0 Å². The van der Waals surface area contributed by atoms with Crippen LogP contribution in [0.3, 0.4) is 0 Å². The van der Waals surface area contributed by atoms with E-state index in [2.05, 4.69) is 30.9 Å². The smallest absolute Gasteiger partial charge is 0.290 e. The van der Waals surface area contributed by atoms with E-state index in [1.165, 1.54) is 0 Å². The zero-order valence-corrected chi connectivity index (χ0v) is 18.9. The number of carboxylic acid groups (broad SMARTS) is 1. The molecule has 8 heteroatoms. The molecule has 1 aliphatic carbocycles. The molecule has 2 aromatic rings. The molecule has 1 saturated heterocycles. The molecule has 1 aliphatic heterocycles. The number of unbranched alkanes of at least 4 members (excludes halogenated alkanes) is 1. The van der Waals surface area contributed by atoms with Crippen molar-refractivity contribution in [2.24, 2.45) is 5.92 Å². The Labute approximate surface area is 182 Å². The van der Waals surface area contributed by atoms with Crippen molar-refractivity contribution >= 4 is 23.5 Å². The first-order valence-electron chi connectivity index (χ1n) is 11.2. The van der Waals surface area contributed by atoms with Crippen LogP contribution in [0.25, 0.3) is 11.1 Å². The van der Waals surface area contributed by atoms with Crippen LogP contribution in [0, 0.1) is 12.8 Å². The van der Waals surface area contributed by atoms with Crippen molar-refractivity contribution in [1.29, 1.82) is 0 Å². The van der Waals surface area contributed by atoms with Crippen molar-refractivity contribution in [3.05, 3.63) is 22.5 Å². The van der Waals surface area contributed by atoms with Gasteiger partial charge in [0.1, 0.15) is 0 Å². The van der Waals surface area contributed by atoms with Gasteiger partial charge in [0.15, 0.2) is 0 Å². The van der Waals surface area contributed by atoms with Crippen LogP contribution in [0.1, 0.15) is 73.8 Å². The number of morpholine rings is 1. The molecule has 170 valence electrons. The van der Waals surface area contributed by atoms with Crippen LogP contribution in [0.4, 0.5) is 0 Å². The number of aromatic nitrogens is 2. The van der Waals surface area contributed by atoms with E-state index in [1.54, 1.807) is 0 Å². The van der Waals surface area contributed by atoms with Gasteiger partial charge in [0, 0.05) is 18.8 Å². The quantitative estimate of drug-likeness (QED) is 0.718. The molecule has 1 fully saturated rings. The number of hydrogen-bond donors (Lipinski definition) is 1. The topological polar surface area (TPSA) is 106 Å². The molecule has 0 aromatic carbocycles. The summed E-state index contributed by atoms with van der Waals surface area (Å²) >= 11 is 0. The number of ether oxygens (including phenoxy) is 1. The number of nitrogens with zero attached hydrogens (tertiary/aromatic N) is 3. The minimum Gasteiger partial charge on any atom is -0.483 e. The van der Waals surface area contributed by atoms with Gasteiger partial charge in [0.05, 0.1) is 28.9 Å². The molecule has 2 aliphatic rings. The number of carbonyl (C=O) groups is 2. The summed E-state index contributed by atoms with van der Waals surface area (Å²) in [5.74, 6) is 0.465. The molecule has 31 heavy (non-hydrogen) atoms. The largest absolute Gasteiger partial charge is 0.483 e. The van der Waals surface area contributed by atoms with Gasteiger partial charge in [0.25, 0.3) is 18.1 Å². The standard InChI is InChI=1S/C22H31N3O3.CH2O2/c1-5-6-8-15-11-25(12-18(27-15)13(2)3)22(26)20-16-9-7-10-17(16)23-21-19(20)14(4)24-28-21;2-1-3/h13,15,18H,5-12H2,1-4H3;1H,(H,2,3)/t15-,18-;/m1./s1. The summed E-state index contributed by atoms with van der Waals surface area (Å²) in [4.78, 5) is 28.8. The molecular weight excluding hydrogens is 398 g/mol. The highest BCUT2D eigenvalue weighted by molar-refractivity contribution is 6.07. The number of pyridine rings is 1. The summed E-state index contributed by atoms with van der Waals surface area (Å²) in [5.41, 5.74) is 4.12. The summed E-state index contributed by atoms with van der Waals surface area (Å²) < 4.78 is 11.7. The highest BCUT2D eigenvalue weighted by Gasteiger charge is 2.35. The Morgan fingerprint density at radius 2 is 2.06 bits per heavy atom. The molecule has 4 rings (SSSR count). The van der Waals surface area contributed by atoms with Gasteiger partial charge in [-0.25, -0.2) is 4.98 Å². The third kappa shape index (κ3) is 4.89. The highest BCUT2D eigenvalue weighted by atomic mass is 16.5. The maximum absolute atomic E-state index is 13.8. The van der Waals surface area contributed by atoms with E-state index >= 15 is 0 Å². The van der Waals surface area contributed by atoms with E-state index in [0.29, 0.717) is 24.7 Å². The van der Waals surface area contributed by atoms with E-state index in [0.717, 1.165) is 66.4 Å². The number of aryl methyl sites for hydroxylation is 2. The summed E-state index contributed by atoms with van der Waals surface area (Å²) in [6.45, 7) is 9.47. The molecular formula is C23H33N3O5. The second kappa shape index (κ2) is 10.2. The maximum Gasteiger partial charge on any atom is 0.290 e. The molecule has 8 nitrogen and oxygen atoms in total. The highest BCUT2D eigenvalue weighted by Crippen LogP contribution is 2.33. The summed E-state index contributed by atoms with van der Waals surface area (Å²) in [5, 5.41) is 11.8. The van der Waals surface area contributed by atoms with Crippen LogP contribution in [0.15, 0.2) is 4.52 Å². The van der Waals surface area contributed by atoms with Gasteiger partial charge in [-0.05, 0) is 44.1 Å². The first kappa shape index (κ1) is 23.2. The lowest BCUT2D eigenvalue weighted by molar-refractivity contribution is -0.122. The average molecular weight is 432 g/mol. The Bertz CT molecular complexity index is 924. The minimum atomic E-state index is -0.250. The zero-order valence-electron chi connectivity index (χ0n) is 18.9. The molecule has 0 bridgehead atoms. The number of fused-ring (bicyclic) bond motifs is 2. The van der Waals surface area contributed by atoms with E-state index in [-0.39, 0.29) is 24.6 Å². The van der Waals surface area contributed by atoms with Crippen molar-refractivity contribution < 1.29 is 24.0 Å². The van der Waals surface area contributed by atoms with Crippen molar-refractivity contribution in [2.45, 2.75) is 78.4 Å². The van der Waals surface area contributed by atoms with Crippen LogP contribution in [0.5, 0.6) is 0 Å². The van der Waals surface area contributed by atoms with Crippen LogP contribution in [-0.2, 0) is 22.4 Å². The van der Waals surface area contributed by atoms with Gasteiger partial charge in [-0.1, -0.05) is 38.8 Å². The maximum atomic E-state index is 13.8. The predicted octanol–water partition coefficient (Wildman–Crippen LogP) is 3.78. The fourth-order valence-electron chi connectivity index (χ4n) is 4.51. The number of amides is 1. The second-order valence-electron chi connectivity index (χ2n) is 8.71. The predicted molar refractivity (Wildman–Crippen MR) is 116 cm³/mol. The number of carbonyl (C=O) groups excluding carboxylic acids is 1. The summed E-state index contributed by atoms with van der Waals surface area (Å²) in [6.07, 6.45) is 6.30. The van der Waals surface area contributed by atoms with Gasteiger partial charge in [0.2, 0.25) is 0 Å². The molecule has 1 N–H and O–H groups in total. The molecule has 3 heterocycles. The number of hydrogen-bond acceptors (Lipinski definition) is 6. The van der Waals surface area contributed by atoms with Gasteiger partial charge in [-0.2, -0.15) is 0 Å². The third-order valence-electron chi connectivity index (χ3n) is 6.14. The van der Waals surface area contributed by atoms with Gasteiger partial charge in [-0.15, -0.1) is 0 Å². The van der Waals surface area contributed by atoms with Crippen molar-refractivity contribution in [3.8, 4) is 0 Å². The Kier molecular flexibility index (Phi) is 7.64. The van der Waals surface area contributed by atoms with Crippen LogP contribution < -0.4 is 0 Å². The average Bonchev–Trinajstić information content (AvgIpc) is 3.37. The fourth-order valence-corrected chi connectivity index (χ4v) is 4.51. The zero-order chi connectivity index (χ0) is 22.5. The lowest BCUT2D eigenvalue weighted by Gasteiger charge is -2.40. The molecule has 0 saturated carbocycles. The van der Waals surface area contributed by atoms with E-state index in [9.17, 15) is 4.79 Å².